The number of aliphatic hydroxyl groups is 1. The van der Waals surface area contributed by atoms with Crippen LogP contribution in [0.2, 0.25) is 0 Å². The lowest BCUT2D eigenvalue weighted by Gasteiger charge is -2.09. The van der Waals surface area contributed by atoms with Crippen molar-refractivity contribution in [3.63, 3.8) is 0 Å². The van der Waals surface area contributed by atoms with E-state index in [-0.39, 0.29) is 5.91 Å². The zero-order valence-electron chi connectivity index (χ0n) is 11.0. The fourth-order valence-electron chi connectivity index (χ4n) is 1.89. The summed E-state index contributed by atoms with van der Waals surface area (Å²) in [5, 5.41) is 12.3. The second-order valence-corrected chi connectivity index (χ2v) is 4.37. The molecular weight excluding hydrogens is 242 g/mol. The van der Waals surface area contributed by atoms with Gasteiger partial charge in [0.1, 0.15) is 5.76 Å². The molecule has 1 heterocycles. The SMILES string of the molecule is CCc1occc1C(=O)Nc1cccc(C(C)O)c1. The van der Waals surface area contributed by atoms with Crippen LogP contribution in [-0.2, 0) is 6.42 Å². The summed E-state index contributed by atoms with van der Waals surface area (Å²) in [4.78, 5) is 12.1. The number of carbonyl (C=O) groups excluding carboxylic acids is 1. The predicted octanol–water partition coefficient (Wildman–Crippen LogP) is 3.15. The van der Waals surface area contributed by atoms with E-state index < -0.39 is 6.10 Å². The van der Waals surface area contributed by atoms with Gasteiger partial charge in [0.05, 0.1) is 17.9 Å². The molecule has 2 rings (SSSR count). The van der Waals surface area contributed by atoms with Gasteiger partial charge in [-0.15, -0.1) is 0 Å². The third kappa shape index (κ3) is 3.03. The molecule has 0 bridgehead atoms. The Labute approximate surface area is 112 Å². The standard InChI is InChI=1S/C15H17NO3/c1-3-14-13(7-8-19-14)15(18)16-12-6-4-5-11(9-12)10(2)17/h4-10,17H,3H2,1-2H3,(H,16,18). The maximum atomic E-state index is 12.1. The van der Waals surface area contributed by atoms with Crippen LogP contribution < -0.4 is 5.32 Å². The zero-order chi connectivity index (χ0) is 13.8. The number of benzene rings is 1. The predicted molar refractivity (Wildman–Crippen MR) is 73.1 cm³/mol. The number of amides is 1. The number of hydrogen-bond acceptors (Lipinski definition) is 3. The minimum Gasteiger partial charge on any atom is -0.469 e. The number of aryl methyl sites for hydroxylation is 1. The monoisotopic (exact) mass is 259 g/mol. The molecule has 0 fully saturated rings. The molecule has 0 saturated heterocycles. The number of carbonyl (C=O) groups is 1. The largest absolute Gasteiger partial charge is 0.469 e. The fraction of sp³-hybridized carbons (Fsp3) is 0.267. The summed E-state index contributed by atoms with van der Waals surface area (Å²) in [5.41, 5.74) is 1.97. The molecule has 4 heteroatoms. The lowest BCUT2D eigenvalue weighted by atomic mass is 10.1. The number of rotatable bonds is 4. The second kappa shape index (κ2) is 5.71. The number of nitrogens with one attached hydrogen (secondary N) is 1. The maximum absolute atomic E-state index is 12.1. The number of furan rings is 1. The topological polar surface area (TPSA) is 62.5 Å². The van der Waals surface area contributed by atoms with Crippen LogP contribution in [0.3, 0.4) is 0 Å². The van der Waals surface area contributed by atoms with Gasteiger partial charge >= 0.3 is 0 Å². The lowest BCUT2D eigenvalue weighted by Crippen LogP contribution is -2.13. The van der Waals surface area contributed by atoms with Crippen molar-refractivity contribution in [1.82, 2.24) is 0 Å². The highest BCUT2D eigenvalue weighted by Crippen LogP contribution is 2.19. The van der Waals surface area contributed by atoms with Crippen molar-refractivity contribution < 1.29 is 14.3 Å². The Kier molecular flexibility index (Phi) is 4.02. The summed E-state index contributed by atoms with van der Waals surface area (Å²) in [6.07, 6.45) is 1.63. The normalized spacial score (nSPS) is 12.2. The van der Waals surface area contributed by atoms with E-state index in [9.17, 15) is 9.90 Å². The summed E-state index contributed by atoms with van der Waals surface area (Å²) in [5.74, 6) is 0.470. The van der Waals surface area contributed by atoms with Gasteiger partial charge in [0, 0.05) is 12.1 Å². The average molecular weight is 259 g/mol. The summed E-state index contributed by atoms with van der Waals surface area (Å²) in [7, 11) is 0. The Hall–Kier alpha value is -2.07. The molecule has 1 atom stereocenters. The van der Waals surface area contributed by atoms with Crippen LogP contribution in [0.25, 0.3) is 0 Å². The summed E-state index contributed by atoms with van der Waals surface area (Å²) >= 11 is 0. The first-order chi connectivity index (χ1) is 9.11. The van der Waals surface area contributed by atoms with E-state index in [0.29, 0.717) is 23.4 Å². The van der Waals surface area contributed by atoms with Crippen LogP contribution >= 0.6 is 0 Å². The van der Waals surface area contributed by atoms with Crippen LogP contribution in [-0.4, -0.2) is 11.0 Å². The van der Waals surface area contributed by atoms with E-state index in [4.69, 9.17) is 4.42 Å². The molecule has 2 N–H and O–H groups in total. The second-order valence-electron chi connectivity index (χ2n) is 4.37. The minimum absolute atomic E-state index is 0.201. The summed E-state index contributed by atoms with van der Waals surface area (Å²) in [6, 6.07) is 8.82. The Morgan fingerprint density at radius 2 is 2.21 bits per heavy atom. The third-order valence-corrected chi connectivity index (χ3v) is 2.94. The molecule has 0 aliphatic heterocycles. The van der Waals surface area contributed by atoms with E-state index in [1.807, 2.05) is 13.0 Å². The molecule has 1 aromatic carbocycles. The molecule has 1 amide bonds. The molecule has 0 aliphatic rings. The first kappa shape index (κ1) is 13.4. The number of aliphatic hydroxyl groups excluding tert-OH is 1. The van der Waals surface area contributed by atoms with Crippen LogP contribution in [0.5, 0.6) is 0 Å². The van der Waals surface area contributed by atoms with Crippen molar-refractivity contribution in [3.8, 4) is 0 Å². The van der Waals surface area contributed by atoms with Crippen molar-refractivity contribution in [3.05, 3.63) is 53.5 Å². The first-order valence-corrected chi connectivity index (χ1v) is 6.27. The van der Waals surface area contributed by atoms with Gasteiger partial charge in [-0.3, -0.25) is 4.79 Å². The molecule has 0 aliphatic carbocycles. The van der Waals surface area contributed by atoms with Crippen LogP contribution in [0, 0.1) is 0 Å². The number of anilines is 1. The Balaban J connectivity index is 2.17. The number of hydrogen-bond donors (Lipinski definition) is 2. The minimum atomic E-state index is -0.558. The van der Waals surface area contributed by atoms with Crippen molar-refractivity contribution in [2.24, 2.45) is 0 Å². The molecule has 100 valence electrons. The highest BCUT2D eigenvalue weighted by molar-refractivity contribution is 6.04. The molecule has 1 unspecified atom stereocenters. The highest BCUT2D eigenvalue weighted by Gasteiger charge is 2.13. The van der Waals surface area contributed by atoms with E-state index in [1.165, 1.54) is 6.26 Å². The van der Waals surface area contributed by atoms with Crippen molar-refractivity contribution in [2.75, 3.05) is 5.32 Å². The summed E-state index contributed by atoms with van der Waals surface area (Å²) < 4.78 is 5.23. The van der Waals surface area contributed by atoms with E-state index in [2.05, 4.69) is 5.32 Å². The third-order valence-electron chi connectivity index (χ3n) is 2.94. The van der Waals surface area contributed by atoms with Crippen molar-refractivity contribution >= 4 is 11.6 Å². The van der Waals surface area contributed by atoms with Crippen LogP contribution in [0.15, 0.2) is 41.0 Å². The van der Waals surface area contributed by atoms with Gasteiger partial charge in [0.25, 0.3) is 5.91 Å². The Morgan fingerprint density at radius 3 is 2.89 bits per heavy atom. The molecule has 0 spiro atoms. The van der Waals surface area contributed by atoms with Gasteiger partial charge in [0.15, 0.2) is 0 Å². The highest BCUT2D eigenvalue weighted by atomic mass is 16.3. The molecule has 1 aromatic heterocycles. The van der Waals surface area contributed by atoms with Crippen molar-refractivity contribution in [2.45, 2.75) is 26.4 Å². The zero-order valence-corrected chi connectivity index (χ0v) is 11.0. The van der Waals surface area contributed by atoms with Gasteiger partial charge in [-0.1, -0.05) is 19.1 Å². The van der Waals surface area contributed by atoms with Gasteiger partial charge in [-0.25, -0.2) is 0 Å². The molecule has 0 saturated carbocycles. The lowest BCUT2D eigenvalue weighted by molar-refractivity contribution is 0.102. The smallest absolute Gasteiger partial charge is 0.259 e. The van der Waals surface area contributed by atoms with E-state index >= 15 is 0 Å². The Morgan fingerprint density at radius 1 is 1.42 bits per heavy atom. The van der Waals surface area contributed by atoms with E-state index in [0.717, 1.165) is 5.56 Å². The summed E-state index contributed by atoms with van der Waals surface area (Å²) in [6.45, 7) is 3.62. The quantitative estimate of drug-likeness (QED) is 0.886. The van der Waals surface area contributed by atoms with Crippen molar-refractivity contribution in [1.29, 1.82) is 0 Å². The molecule has 0 radical (unpaired) electrons. The molecule has 2 aromatic rings. The van der Waals surface area contributed by atoms with Gasteiger partial charge in [0.2, 0.25) is 0 Å². The van der Waals surface area contributed by atoms with Crippen LogP contribution in [0.1, 0.15) is 41.6 Å². The Bertz CT molecular complexity index is 572. The van der Waals surface area contributed by atoms with Gasteiger partial charge in [-0.2, -0.15) is 0 Å². The average Bonchev–Trinajstić information content (AvgIpc) is 2.87. The molecule has 19 heavy (non-hydrogen) atoms. The van der Waals surface area contributed by atoms with E-state index in [1.54, 1.807) is 31.2 Å². The fourth-order valence-corrected chi connectivity index (χ4v) is 1.89. The maximum Gasteiger partial charge on any atom is 0.259 e. The molecule has 4 nitrogen and oxygen atoms in total. The van der Waals surface area contributed by atoms with Crippen LogP contribution in [0.4, 0.5) is 5.69 Å². The molecular formula is C15H17NO3. The van der Waals surface area contributed by atoms with Gasteiger partial charge < -0.3 is 14.8 Å². The first-order valence-electron chi connectivity index (χ1n) is 6.27. The van der Waals surface area contributed by atoms with Gasteiger partial charge in [-0.05, 0) is 30.7 Å².